The molecule has 0 radical (unpaired) electrons. The van der Waals surface area contributed by atoms with Crippen LogP contribution in [0.15, 0.2) is 52.3 Å². The maximum atomic E-state index is 12.4. The Morgan fingerprint density at radius 1 is 1.23 bits per heavy atom. The van der Waals surface area contributed by atoms with E-state index in [9.17, 15) is 9.59 Å². The van der Waals surface area contributed by atoms with Crippen LogP contribution in [-0.4, -0.2) is 35.2 Å². The van der Waals surface area contributed by atoms with Gasteiger partial charge in [-0.05, 0) is 24.1 Å². The largest absolute Gasteiger partial charge is 0.440 e. The lowest BCUT2D eigenvalue weighted by atomic mass is 10.2. The number of carbonyl (C=O) groups excluding carboxylic acids is 1. The summed E-state index contributed by atoms with van der Waals surface area (Å²) in [4.78, 5) is 37.1. The van der Waals surface area contributed by atoms with Crippen LogP contribution in [0, 0.1) is 6.92 Å². The van der Waals surface area contributed by atoms with Crippen LogP contribution in [0.3, 0.4) is 0 Å². The molecule has 4 rings (SSSR count). The van der Waals surface area contributed by atoms with Gasteiger partial charge in [0.2, 0.25) is 5.95 Å². The maximum Gasteiger partial charge on any atom is 0.307 e. The van der Waals surface area contributed by atoms with Crippen LogP contribution in [0.5, 0.6) is 0 Å². The molecule has 0 fully saturated rings. The molecule has 0 atom stereocenters. The Morgan fingerprint density at radius 2 is 2.06 bits per heavy atom. The van der Waals surface area contributed by atoms with Crippen molar-refractivity contribution in [1.29, 1.82) is 0 Å². The van der Waals surface area contributed by atoms with Gasteiger partial charge >= 0.3 is 5.91 Å². The fourth-order valence-corrected chi connectivity index (χ4v) is 2.82. The Morgan fingerprint density at radius 3 is 2.81 bits per heavy atom. The molecule has 0 spiro atoms. The highest BCUT2D eigenvalue weighted by Gasteiger charge is 2.17. The molecule has 0 aliphatic carbocycles. The molecule has 4 heterocycles. The summed E-state index contributed by atoms with van der Waals surface area (Å²) in [5.41, 5.74) is 2.25. The molecule has 0 saturated carbocycles. The first-order valence-corrected chi connectivity index (χ1v) is 9.39. The smallest absolute Gasteiger partial charge is 0.307 e. The Hall–Kier alpha value is -4.28. The van der Waals surface area contributed by atoms with E-state index in [-0.39, 0.29) is 18.0 Å². The van der Waals surface area contributed by atoms with E-state index in [1.54, 1.807) is 49.5 Å². The molecule has 0 aromatic carbocycles. The predicted molar refractivity (Wildman–Crippen MR) is 112 cm³/mol. The zero-order chi connectivity index (χ0) is 22.0. The highest BCUT2D eigenvalue weighted by atomic mass is 16.4. The van der Waals surface area contributed by atoms with Crippen molar-refractivity contribution >= 4 is 17.7 Å². The van der Waals surface area contributed by atoms with Gasteiger partial charge in [0.25, 0.3) is 11.4 Å². The Labute approximate surface area is 176 Å². The van der Waals surface area contributed by atoms with Crippen molar-refractivity contribution in [2.75, 3.05) is 5.32 Å². The topological polar surface area (TPSA) is 133 Å². The van der Waals surface area contributed by atoms with Crippen LogP contribution in [0.4, 0.5) is 11.8 Å². The second kappa shape index (κ2) is 8.22. The van der Waals surface area contributed by atoms with E-state index in [1.807, 2.05) is 6.92 Å². The average Bonchev–Trinajstić information content (AvgIpc) is 3.40. The summed E-state index contributed by atoms with van der Waals surface area (Å²) in [7, 11) is 3.46. The van der Waals surface area contributed by atoms with E-state index in [4.69, 9.17) is 4.42 Å². The molecule has 0 saturated heterocycles. The van der Waals surface area contributed by atoms with Crippen LogP contribution in [0.25, 0.3) is 11.4 Å². The molecular weight excluding hydrogens is 400 g/mol. The summed E-state index contributed by atoms with van der Waals surface area (Å²) in [5.74, 6) is 0.500. The number of amides is 1. The normalized spacial score (nSPS) is 10.8. The third kappa shape index (κ3) is 4.34. The molecule has 2 N–H and O–H groups in total. The minimum Gasteiger partial charge on any atom is -0.440 e. The van der Waals surface area contributed by atoms with Crippen molar-refractivity contribution in [3.63, 3.8) is 0 Å². The first kappa shape index (κ1) is 20.0. The van der Waals surface area contributed by atoms with Gasteiger partial charge in [0.15, 0.2) is 0 Å². The highest BCUT2D eigenvalue weighted by molar-refractivity contribution is 5.90. The fraction of sp³-hybridized carbons (Fsp3) is 0.200. The van der Waals surface area contributed by atoms with E-state index in [0.717, 1.165) is 11.4 Å². The summed E-state index contributed by atoms with van der Waals surface area (Å²) in [6.07, 6.45) is 6.33. The van der Waals surface area contributed by atoms with Crippen LogP contribution in [0.1, 0.15) is 21.8 Å². The van der Waals surface area contributed by atoms with Gasteiger partial charge in [-0.25, -0.2) is 15.0 Å². The van der Waals surface area contributed by atoms with Gasteiger partial charge in [0.1, 0.15) is 23.5 Å². The van der Waals surface area contributed by atoms with Gasteiger partial charge in [-0.2, -0.15) is 5.10 Å². The van der Waals surface area contributed by atoms with Crippen LogP contribution in [0.2, 0.25) is 0 Å². The van der Waals surface area contributed by atoms with Crippen molar-refractivity contribution in [2.45, 2.75) is 13.5 Å². The average molecular weight is 420 g/mol. The van der Waals surface area contributed by atoms with Crippen molar-refractivity contribution in [3.05, 3.63) is 70.4 Å². The number of nitrogens with zero attached hydrogens (tertiary/aromatic N) is 6. The number of pyridine rings is 1. The van der Waals surface area contributed by atoms with Crippen LogP contribution < -0.4 is 16.2 Å². The van der Waals surface area contributed by atoms with Crippen LogP contribution >= 0.6 is 0 Å². The van der Waals surface area contributed by atoms with Crippen molar-refractivity contribution < 1.29 is 9.21 Å². The molecule has 0 unspecified atom stereocenters. The second-order valence-electron chi connectivity index (χ2n) is 6.89. The molecule has 0 aliphatic heterocycles. The first-order chi connectivity index (χ1) is 14.9. The van der Waals surface area contributed by atoms with Crippen molar-refractivity contribution in [1.82, 2.24) is 34.6 Å². The molecule has 1 amide bonds. The lowest BCUT2D eigenvalue weighted by molar-refractivity contribution is 0.0916. The fourth-order valence-electron chi connectivity index (χ4n) is 2.82. The van der Waals surface area contributed by atoms with Gasteiger partial charge in [-0.3, -0.25) is 14.3 Å². The van der Waals surface area contributed by atoms with E-state index >= 15 is 0 Å². The number of hydrogen-bond acceptors (Lipinski definition) is 8. The lowest BCUT2D eigenvalue weighted by Gasteiger charge is -2.07. The van der Waals surface area contributed by atoms with Crippen molar-refractivity contribution in [2.24, 2.45) is 14.1 Å². The Kier molecular flexibility index (Phi) is 5.31. The summed E-state index contributed by atoms with van der Waals surface area (Å²) < 4.78 is 8.46. The summed E-state index contributed by atoms with van der Waals surface area (Å²) in [6.45, 7) is 2.02. The summed E-state index contributed by atoms with van der Waals surface area (Å²) in [6, 6.07) is 5.01. The monoisotopic (exact) mass is 420 g/mol. The van der Waals surface area contributed by atoms with E-state index in [2.05, 4.69) is 30.7 Å². The quantitative estimate of drug-likeness (QED) is 0.480. The highest BCUT2D eigenvalue weighted by Crippen LogP contribution is 2.22. The van der Waals surface area contributed by atoms with Crippen LogP contribution in [-0.2, 0) is 20.6 Å². The third-order valence-corrected chi connectivity index (χ3v) is 4.60. The SMILES string of the molecule is Cc1cnc(Nc2ccnn2C)nc1-c1coc(C(=O)NCc2ccn(C)c(=O)c2)n1. The number of aromatic nitrogens is 6. The minimum atomic E-state index is -0.494. The Bertz CT molecular complexity index is 1300. The molecule has 11 heteroatoms. The number of anilines is 2. The number of rotatable bonds is 6. The van der Waals surface area contributed by atoms with Crippen molar-refractivity contribution in [3.8, 4) is 11.4 Å². The molecule has 4 aromatic heterocycles. The number of carbonyl (C=O) groups is 1. The predicted octanol–water partition coefficient (Wildman–Crippen LogP) is 1.55. The maximum absolute atomic E-state index is 12.4. The summed E-state index contributed by atoms with van der Waals surface area (Å²) in [5, 5.41) is 9.86. The zero-order valence-corrected chi connectivity index (χ0v) is 17.2. The third-order valence-electron chi connectivity index (χ3n) is 4.60. The number of nitrogens with one attached hydrogen (secondary N) is 2. The lowest BCUT2D eigenvalue weighted by Crippen LogP contribution is -2.24. The van der Waals surface area contributed by atoms with Gasteiger partial charge in [0.05, 0.1) is 6.20 Å². The first-order valence-electron chi connectivity index (χ1n) is 9.39. The number of oxazole rings is 1. The standard InChI is InChI=1S/C20H20N8O3/c1-12-9-22-20(25-15-4-6-23-28(15)3)26-17(12)14-11-31-19(24-14)18(30)21-10-13-5-7-27(2)16(29)8-13/h4-9,11H,10H2,1-3H3,(H,21,30)(H,22,25,26). The number of hydrogen-bond donors (Lipinski definition) is 2. The number of aryl methyl sites for hydroxylation is 3. The zero-order valence-electron chi connectivity index (χ0n) is 17.2. The van der Waals surface area contributed by atoms with E-state index in [1.165, 1.54) is 16.9 Å². The van der Waals surface area contributed by atoms with Gasteiger partial charge in [-0.1, -0.05) is 0 Å². The molecule has 4 aromatic rings. The molecule has 11 nitrogen and oxygen atoms in total. The van der Waals surface area contributed by atoms with Gasteiger partial charge in [-0.15, -0.1) is 0 Å². The molecule has 158 valence electrons. The molecule has 0 aliphatic rings. The molecule has 31 heavy (non-hydrogen) atoms. The summed E-state index contributed by atoms with van der Waals surface area (Å²) >= 11 is 0. The van der Waals surface area contributed by atoms with E-state index in [0.29, 0.717) is 22.9 Å². The van der Waals surface area contributed by atoms with Gasteiger partial charge in [0, 0.05) is 45.2 Å². The second-order valence-corrected chi connectivity index (χ2v) is 6.89. The Balaban J connectivity index is 1.49. The van der Waals surface area contributed by atoms with Gasteiger partial charge < -0.3 is 19.6 Å². The van der Waals surface area contributed by atoms with E-state index < -0.39 is 5.91 Å². The molecular formula is C20H20N8O3. The molecule has 0 bridgehead atoms. The minimum absolute atomic E-state index is 0.0991.